The standard InChI is InChI=1S/C16H26N4O2/c1-22-10-11-2-5-13(6-3-11)18-16(21)19-14-7-4-12-9-17-20-15(12)8-14/h9,11,13-14H,2-8,10H2,1H3,(H,17,20)(H2,18,19,21). The first kappa shape index (κ1) is 15.3. The number of urea groups is 1. The molecule has 22 heavy (non-hydrogen) atoms. The van der Waals surface area contributed by atoms with E-state index in [0.29, 0.717) is 12.0 Å². The van der Waals surface area contributed by atoms with E-state index in [0.717, 1.165) is 57.2 Å². The summed E-state index contributed by atoms with van der Waals surface area (Å²) in [5, 5.41) is 13.3. The van der Waals surface area contributed by atoms with E-state index in [4.69, 9.17) is 4.74 Å². The van der Waals surface area contributed by atoms with Crippen molar-refractivity contribution in [2.24, 2.45) is 5.92 Å². The Kier molecular flexibility index (Phi) is 4.97. The van der Waals surface area contributed by atoms with Crippen LogP contribution in [0.1, 0.15) is 43.4 Å². The van der Waals surface area contributed by atoms with Crippen molar-refractivity contribution in [1.82, 2.24) is 20.8 Å². The predicted octanol–water partition coefficient (Wildman–Crippen LogP) is 1.77. The van der Waals surface area contributed by atoms with Gasteiger partial charge in [-0.3, -0.25) is 5.10 Å². The zero-order chi connectivity index (χ0) is 15.4. The third kappa shape index (κ3) is 3.80. The van der Waals surface area contributed by atoms with Crippen LogP contribution in [0.25, 0.3) is 0 Å². The number of hydrogen-bond donors (Lipinski definition) is 3. The molecular formula is C16H26N4O2. The summed E-state index contributed by atoms with van der Waals surface area (Å²) in [6, 6.07) is 0.486. The van der Waals surface area contributed by atoms with E-state index in [1.165, 1.54) is 5.56 Å². The van der Waals surface area contributed by atoms with Crippen LogP contribution in [0.5, 0.6) is 0 Å². The van der Waals surface area contributed by atoms with Crippen molar-refractivity contribution in [3.05, 3.63) is 17.5 Å². The zero-order valence-electron chi connectivity index (χ0n) is 13.2. The van der Waals surface area contributed by atoms with Crippen LogP contribution in [0, 0.1) is 5.92 Å². The monoisotopic (exact) mass is 306 g/mol. The van der Waals surface area contributed by atoms with E-state index in [1.807, 2.05) is 6.20 Å². The maximum Gasteiger partial charge on any atom is 0.315 e. The summed E-state index contributed by atoms with van der Waals surface area (Å²) in [4.78, 5) is 12.2. The SMILES string of the molecule is COCC1CCC(NC(=O)NC2CCc3cn[nH]c3C2)CC1. The van der Waals surface area contributed by atoms with Gasteiger partial charge in [0, 0.05) is 37.9 Å². The molecule has 0 aromatic carbocycles. The number of amides is 2. The van der Waals surface area contributed by atoms with Gasteiger partial charge in [0.1, 0.15) is 0 Å². The number of H-pyrrole nitrogens is 1. The first-order valence-electron chi connectivity index (χ1n) is 8.31. The number of carbonyl (C=O) groups excluding carboxylic acids is 1. The molecule has 1 aromatic heterocycles. The van der Waals surface area contributed by atoms with E-state index < -0.39 is 0 Å². The van der Waals surface area contributed by atoms with Crippen LogP contribution in [-0.4, -0.2) is 42.0 Å². The smallest absolute Gasteiger partial charge is 0.315 e. The van der Waals surface area contributed by atoms with Crippen LogP contribution in [0.3, 0.4) is 0 Å². The summed E-state index contributed by atoms with van der Waals surface area (Å²) >= 11 is 0. The Morgan fingerprint density at radius 1 is 1.27 bits per heavy atom. The van der Waals surface area contributed by atoms with Gasteiger partial charge in [0.15, 0.2) is 0 Å². The lowest BCUT2D eigenvalue weighted by molar-refractivity contribution is 0.124. The molecule has 1 fully saturated rings. The van der Waals surface area contributed by atoms with Gasteiger partial charge < -0.3 is 15.4 Å². The molecule has 3 N–H and O–H groups in total. The van der Waals surface area contributed by atoms with Crippen LogP contribution in [0.15, 0.2) is 6.20 Å². The Hall–Kier alpha value is -1.56. The van der Waals surface area contributed by atoms with Crippen molar-refractivity contribution in [3.63, 3.8) is 0 Å². The predicted molar refractivity (Wildman–Crippen MR) is 83.7 cm³/mol. The van der Waals surface area contributed by atoms with Crippen LogP contribution in [0.2, 0.25) is 0 Å². The van der Waals surface area contributed by atoms with Gasteiger partial charge in [0.2, 0.25) is 0 Å². The molecule has 122 valence electrons. The summed E-state index contributed by atoms with van der Waals surface area (Å²) in [6.45, 7) is 0.841. The third-order valence-electron chi connectivity index (χ3n) is 4.94. The van der Waals surface area contributed by atoms with Crippen molar-refractivity contribution >= 4 is 6.03 Å². The Bertz CT molecular complexity index is 494. The molecule has 1 saturated carbocycles. The van der Waals surface area contributed by atoms with Gasteiger partial charge in [0.05, 0.1) is 6.20 Å². The molecule has 0 radical (unpaired) electrons. The number of nitrogens with one attached hydrogen (secondary N) is 3. The molecule has 2 aliphatic carbocycles. The fourth-order valence-electron chi connectivity index (χ4n) is 3.65. The first-order valence-corrected chi connectivity index (χ1v) is 8.31. The molecule has 2 amide bonds. The average Bonchev–Trinajstić information content (AvgIpc) is 2.97. The highest BCUT2D eigenvalue weighted by Gasteiger charge is 2.25. The van der Waals surface area contributed by atoms with Crippen molar-refractivity contribution in [2.75, 3.05) is 13.7 Å². The minimum absolute atomic E-state index is 0.0249. The fourth-order valence-corrected chi connectivity index (χ4v) is 3.65. The summed E-state index contributed by atoms with van der Waals surface area (Å²) in [5.74, 6) is 0.656. The lowest BCUT2D eigenvalue weighted by Crippen LogP contribution is -2.48. The number of methoxy groups -OCH3 is 1. The highest BCUT2D eigenvalue weighted by molar-refractivity contribution is 5.74. The molecule has 0 spiro atoms. The molecule has 3 rings (SSSR count). The van der Waals surface area contributed by atoms with Crippen LogP contribution >= 0.6 is 0 Å². The van der Waals surface area contributed by atoms with Crippen LogP contribution in [0.4, 0.5) is 4.79 Å². The molecule has 6 heteroatoms. The van der Waals surface area contributed by atoms with Gasteiger partial charge in [-0.25, -0.2) is 4.79 Å². The van der Waals surface area contributed by atoms with Crippen molar-refractivity contribution in [3.8, 4) is 0 Å². The number of rotatable bonds is 4. The summed E-state index contributed by atoms with van der Waals surface area (Å²) in [7, 11) is 1.76. The second-order valence-corrected chi connectivity index (χ2v) is 6.60. The number of aromatic nitrogens is 2. The van der Waals surface area contributed by atoms with E-state index in [9.17, 15) is 4.79 Å². The summed E-state index contributed by atoms with van der Waals surface area (Å²) in [5.41, 5.74) is 2.45. The minimum atomic E-state index is -0.0249. The van der Waals surface area contributed by atoms with Gasteiger partial charge in [-0.2, -0.15) is 5.10 Å². The fraction of sp³-hybridized carbons (Fsp3) is 0.750. The van der Waals surface area contributed by atoms with E-state index in [2.05, 4.69) is 20.8 Å². The number of aryl methyl sites for hydroxylation is 1. The minimum Gasteiger partial charge on any atom is -0.384 e. The van der Waals surface area contributed by atoms with E-state index in [1.54, 1.807) is 7.11 Å². The molecule has 1 aromatic rings. The second-order valence-electron chi connectivity index (χ2n) is 6.60. The quantitative estimate of drug-likeness (QED) is 0.793. The highest BCUT2D eigenvalue weighted by Crippen LogP contribution is 2.24. The summed E-state index contributed by atoms with van der Waals surface area (Å²) < 4.78 is 5.21. The number of nitrogens with zero attached hydrogens (tertiary/aromatic N) is 1. The number of carbonyl (C=O) groups is 1. The normalized spacial score (nSPS) is 28.0. The van der Waals surface area contributed by atoms with Crippen molar-refractivity contribution in [2.45, 2.75) is 57.0 Å². The Balaban J connectivity index is 1.40. The molecule has 0 bridgehead atoms. The number of fused-ring (bicyclic) bond motifs is 1. The first-order chi connectivity index (χ1) is 10.7. The van der Waals surface area contributed by atoms with Gasteiger partial charge in [-0.15, -0.1) is 0 Å². The maximum atomic E-state index is 12.2. The topological polar surface area (TPSA) is 79.0 Å². The molecule has 0 aliphatic heterocycles. The van der Waals surface area contributed by atoms with Gasteiger partial charge in [-0.05, 0) is 50.0 Å². The van der Waals surface area contributed by atoms with Gasteiger partial charge >= 0.3 is 6.03 Å². The molecule has 1 heterocycles. The summed E-state index contributed by atoms with van der Waals surface area (Å²) in [6.07, 6.45) is 9.10. The van der Waals surface area contributed by atoms with Gasteiger partial charge in [0.25, 0.3) is 0 Å². The van der Waals surface area contributed by atoms with E-state index >= 15 is 0 Å². The average molecular weight is 306 g/mol. The van der Waals surface area contributed by atoms with Crippen LogP contribution in [-0.2, 0) is 17.6 Å². The number of ether oxygens (including phenoxy) is 1. The zero-order valence-corrected chi connectivity index (χ0v) is 13.2. The maximum absolute atomic E-state index is 12.2. The molecule has 1 unspecified atom stereocenters. The number of aromatic amines is 1. The molecule has 1 atom stereocenters. The van der Waals surface area contributed by atoms with Crippen molar-refractivity contribution in [1.29, 1.82) is 0 Å². The lowest BCUT2D eigenvalue weighted by Gasteiger charge is -2.30. The second kappa shape index (κ2) is 7.13. The Morgan fingerprint density at radius 2 is 2.05 bits per heavy atom. The highest BCUT2D eigenvalue weighted by atomic mass is 16.5. The largest absolute Gasteiger partial charge is 0.384 e. The Morgan fingerprint density at radius 3 is 2.82 bits per heavy atom. The van der Waals surface area contributed by atoms with Crippen LogP contribution < -0.4 is 10.6 Å². The molecule has 6 nitrogen and oxygen atoms in total. The van der Waals surface area contributed by atoms with Crippen molar-refractivity contribution < 1.29 is 9.53 Å². The Labute approximate surface area is 131 Å². The molecule has 0 saturated heterocycles. The van der Waals surface area contributed by atoms with E-state index in [-0.39, 0.29) is 12.1 Å². The lowest BCUT2D eigenvalue weighted by atomic mass is 9.86. The molecular weight excluding hydrogens is 280 g/mol. The van der Waals surface area contributed by atoms with Gasteiger partial charge in [-0.1, -0.05) is 0 Å². The third-order valence-corrected chi connectivity index (χ3v) is 4.94. The number of hydrogen-bond acceptors (Lipinski definition) is 3. The molecule has 2 aliphatic rings.